The average molecular weight is 589 g/mol. The second kappa shape index (κ2) is 11.8. The van der Waals surface area contributed by atoms with Crippen LogP contribution in [-0.4, -0.2) is 63.8 Å². The number of hydrogen-bond acceptors (Lipinski definition) is 9. The number of thiophene rings is 1. The minimum absolute atomic E-state index is 0.0184. The number of benzene rings is 2. The molecule has 0 aliphatic carbocycles. The molecule has 0 atom stereocenters. The van der Waals surface area contributed by atoms with E-state index in [9.17, 15) is 4.79 Å². The lowest BCUT2D eigenvalue weighted by molar-refractivity contribution is 0.0741. The molecule has 0 bridgehead atoms. The highest BCUT2D eigenvalue weighted by Crippen LogP contribution is 2.33. The monoisotopic (exact) mass is 588 g/mol. The van der Waals surface area contributed by atoms with E-state index < -0.39 is 0 Å². The molecule has 1 aliphatic heterocycles. The van der Waals surface area contributed by atoms with Crippen molar-refractivity contribution in [2.75, 3.05) is 38.2 Å². The normalized spacial score (nSPS) is 13.6. The molecule has 3 aromatic heterocycles. The predicted octanol–water partition coefficient (Wildman–Crippen LogP) is 6.02. The van der Waals surface area contributed by atoms with Gasteiger partial charge in [0.1, 0.15) is 16.5 Å². The SMILES string of the molecule is COc1ccccc1N1CCN(C(=O)c2csc(CSc3nnc(-c4cccs4)n3-c3cccc(C)c3)n2)CC1. The van der Waals surface area contributed by atoms with Crippen molar-refractivity contribution in [1.82, 2.24) is 24.6 Å². The molecule has 204 valence electrons. The van der Waals surface area contributed by atoms with Gasteiger partial charge in [-0.2, -0.15) is 0 Å². The van der Waals surface area contributed by atoms with Crippen LogP contribution in [0.2, 0.25) is 0 Å². The number of carbonyl (C=O) groups is 1. The van der Waals surface area contributed by atoms with Crippen molar-refractivity contribution in [1.29, 1.82) is 0 Å². The van der Waals surface area contributed by atoms with E-state index in [1.54, 1.807) is 30.2 Å². The van der Waals surface area contributed by atoms with E-state index in [1.165, 1.54) is 16.9 Å². The van der Waals surface area contributed by atoms with Crippen LogP contribution in [0.4, 0.5) is 5.69 Å². The predicted molar refractivity (Wildman–Crippen MR) is 162 cm³/mol. The quantitative estimate of drug-likeness (QED) is 0.205. The first-order valence-corrected chi connectivity index (χ1v) is 15.7. The van der Waals surface area contributed by atoms with Crippen LogP contribution >= 0.6 is 34.4 Å². The first-order chi connectivity index (χ1) is 19.6. The number of carbonyl (C=O) groups excluding carboxylic acids is 1. The highest BCUT2D eigenvalue weighted by Gasteiger charge is 2.25. The molecular formula is C29H28N6O2S3. The van der Waals surface area contributed by atoms with Crippen LogP contribution in [0.15, 0.2) is 76.6 Å². The lowest BCUT2D eigenvalue weighted by atomic mass is 10.2. The minimum Gasteiger partial charge on any atom is -0.495 e. The van der Waals surface area contributed by atoms with Gasteiger partial charge in [-0.1, -0.05) is 42.1 Å². The fraction of sp³-hybridized carbons (Fsp3) is 0.241. The number of piperazine rings is 1. The summed E-state index contributed by atoms with van der Waals surface area (Å²) in [6, 6.07) is 20.4. The number of methoxy groups -OCH3 is 1. The molecule has 0 N–H and O–H groups in total. The zero-order valence-electron chi connectivity index (χ0n) is 22.2. The number of aromatic nitrogens is 4. The van der Waals surface area contributed by atoms with E-state index in [1.807, 2.05) is 46.0 Å². The Labute approximate surface area is 245 Å². The molecule has 1 saturated heterocycles. The van der Waals surface area contributed by atoms with Gasteiger partial charge in [-0.3, -0.25) is 9.36 Å². The van der Waals surface area contributed by atoms with Crippen LogP contribution < -0.4 is 9.64 Å². The summed E-state index contributed by atoms with van der Waals surface area (Å²) in [5.41, 5.74) is 3.76. The molecule has 6 rings (SSSR count). The Morgan fingerprint density at radius 3 is 2.62 bits per heavy atom. The summed E-state index contributed by atoms with van der Waals surface area (Å²) in [7, 11) is 1.69. The van der Waals surface area contributed by atoms with Gasteiger partial charge in [0.15, 0.2) is 11.0 Å². The third-order valence-electron chi connectivity index (χ3n) is 6.72. The number of para-hydroxylation sites is 2. The zero-order chi connectivity index (χ0) is 27.5. The Kier molecular flexibility index (Phi) is 7.85. The van der Waals surface area contributed by atoms with E-state index >= 15 is 0 Å². The first-order valence-electron chi connectivity index (χ1n) is 12.9. The Morgan fingerprint density at radius 1 is 1.00 bits per heavy atom. The van der Waals surface area contributed by atoms with Crippen molar-refractivity contribution in [2.45, 2.75) is 17.8 Å². The Hall–Kier alpha value is -3.67. The molecular weight excluding hydrogens is 561 g/mol. The van der Waals surface area contributed by atoms with Crippen LogP contribution in [0, 0.1) is 6.92 Å². The van der Waals surface area contributed by atoms with Crippen molar-refractivity contribution in [3.63, 3.8) is 0 Å². The van der Waals surface area contributed by atoms with Gasteiger partial charge in [0.05, 0.1) is 29.1 Å². The fourth-order valence-corrected chi connectivity index (χ4v) is 7.17. The van der Waals surface area contributed by atoms with E-state index in [4.69, 9.17) is 9.72 Å². The molecule has 2 aromatic carbocycles. The van der Waals surface area contributed by atoms with Crippen LogP contribution in [0.25, 0.3) is 16.4 Å². The molecule has 0 radical (unpaired) electrons. The number of thiazole rings is 1. The summed E-state index contributed by atoms with van der Waals surface area (Å²) in [5, 5.41) is 14.6. The highest BCUT2D eigenvalue weighted by molar-refractivity contribution is 7.98. The molecule has 8 nitrogen and oxygen atoms in total. The van der Waals surface area contributed by atoms with Gasteiger partial charge in [0.25, 0.3) is 5.91 Å². The maximum atomic E-state index is 13.3. The van der Waals surface area contributed by atoms with Crippen LogP contribution in [-0.2, 0) is 5.75 Å². The Balaban J connectivity index is 1.13. The van der Waals surface area contributed by atoms with Gasteiger partial charge in [0, 0.05) is 31.6 Å². The molecule has 11 heteroatoms. The molecule has 40 heavy (non-hydrogen) atoms. The molecule has 5 aromatic rings. The second-order valence-corrected chi connectivity index (χ2v) is 12.2. The van der Waals surface area contributed by atoms with Gasteiger partial charge in [-0.25, -0.2) is 4.98 Å². The number of amides is 1. The molecule has 0 spiro atoms. The largest absolute Gasteiger partial charge is 0.495 e. The van der Waals surface area contributed by atoms with Crippen LogP contribution in [0.5, 0.6) is 5.75 Å². The zero-order valence-corrected chi connectivity index (χ0v) is 24.6. The number of aryl methyl sites for hydroxylation is 1. The third kappa shape index (κ3) is 5.49. The van der Waals surface area contributed by atoms with Crippen molar-refractivity contribution in [3.8, 4) is 22.1 Å². The maximum absolute atomic E-state index is 13.3. The summed E-state index contributed by atoms with van der Waals surface area (Å²) in [4.78, 5) is 23.2. The standard InChI is InChI=1S/C29H28N6O2S3/c1-20-7-5-8-21(17-20)35-27(25-11-6-16-38-25)31-32-29(35)40-19-26-30-22(18-39-26)28(36)34-14-12-33(13-15-34)23-9-3-4-10-24(23)37-2/h3-11,16-18H,12-15,19H2,1-2H3. The molecule has 0 unspecified atom stereocenters. The van der Waals surface area contributed by atoms with Gasteiger partial charge in [-0.15, -0.1) is 32.9 Å². The van der Waals surface area contributed by atoms with Crippen LogP contribution in [0.1, 0.15) is 21.1 Å². The van der Waals surface area contributed by atoms with E-state index in [2.05, 4.69) is 56.9 Å². The fourth-order valence-electron chi connectivity index (χ4n) is 4.73. The van der Waals surface area contributed by atoms with E-state index in [-0.39, 0.29) is 5.91 Å². The van der Waals surface area contributed by atoms with E-state index in [0.29, 0.717) is 24.5 Å². The average Bonchev–Trinajstić information content (AvgIpc) is 3.77. The second-order valence-electron chi connectivity index (χ2n) is 9.32. The molecule has 1 fully saturated rings. The minimum atomic E-state index is -0.0184. The smallest absolute Gasteiger partial charge is 0.273 e. The molecule has 4 heterocycles. The summed E-state index contributed by atoms with van der Waals surface area (Å²) in [5.74, 6) is 2.26. The molecule has 1 aliphatic rings. The summed E-state index contributed by atoms with van der Waals surface area (Å²) >= 11 is 4.73. The number of nitrogens with zero attached hydrogens (tertiary/aromatic N) is 6. The van der Waals surface area contributed by atoms with E-state index in [0.717, 1.165) is 51.1 Å². The van der Waals surface area contributed by atoms with Crippen molar-refractivity contribution in [2.24, 2.45) is 0 Å². The maximum Gasteiger partial charge on any atom is 0.273 e. The lowest BCUT2D eigenvalue weighted by Gasteiger charge is -2.36. The first kappa shape index (κ1) is 26.5. The molecule has 0 saturated carbocycles. The number of anilines is 1. The topological polar surface area (TPSA) is 76.4 Å². The summed E-state index contributed by atoms with van der Waals surface area (Å²) in [6.45, 7) is 4.87. The van der Waals surface area contributed by atoms with Crippen molar-refractivity contribution >= 4 is 46.0 Å². The van der Waals surface area contributed by atoms with Gasteiger partial charge in [-0.05, 0) is 48.2 Å². The molecule has 1 amide bonds. The number of ether oxygens (including phenoxy) is 1. The van der Waals surface area contributed by atoms with Crippen molar-refractivity contribution in [3.05, 3.63) is 87.7 Å². The summed E-state index contributed by atoms with van der Waals surface area (Å²) in [6.07, 6.45) is 0. The van der Waals surface area contributed by atoms with Crippen molar-refractivity contribution < 1.29 is 9.53 Å². The Bertz CT molecular complexity index is 1610. The lowest BCUT2D eigenvalue weighted by Crippen LogP contribution is -2.49. The van der Waals surface area contributed by atoms with Gasteiger partial charge >= 0.3 is 0 Å². The Morgan fingerprint density at radius 2 is 1.85 bits per heavy atom. The third-order valence-corrected chi connectivity index (χ3v) is 9.56. The number of thioether (sulfide) groups is 1. The summed E-state index contributed by atoms with van der Waals surface area (Å²) < 4.78 is 7.62. The number of rotatable bonds is 8. The number of hydrogen-bond donors (Lipinski definition) is 0. The highest BCUT2D eigenvalue weighted by atomic mass is 32.2. The van der Waals surface area contributed by atoms with Gasteiger partial charge < -0.3 is 14.5 Å². The van der Waals surface area contributed by atoms with Gasteiger partial charge in [0.2, 0.25) is 0 Å². The van der Waals surface area contributed by atoms with Crippen LogP contribution in [0.3, 0.4) is 0 Å².